The van der Waals surface area contributed by atoms with Crippen LogP contribution in [0.25, 0.3) is 10.9 Å². The van der Waals surface area contributed by atoms with Crippen molar-refractivity contribution >= 4 is 28.5 Å². The van der Waals surface area contributed by atoms with Gasteiger partial charge in [0.15, 0.2) is 0 Å². The molecule has 172 valence electrons. The lowest BCUT2D eigenvalue weighted by atomic mass is 9.96. The number of unbranched alkanes of at least 4 members (excludes halogenated alkanes) is 3. The Bertz CT molecular complexity index is 939. The van der Waals surface area contributed by atoms with Crippen LogP contribution in [0.5, 0.6) is 0 Å². The largest absolute Gasteiger partial charge is 0.356 e. The van der Waals surface area contributed by atoms with Gasteiger partial charge in [0.2, 0.25) is 5.91 Å². The molecule has 1 N–H and O–H groups in total. The number of likely N-dealkylation sites (tertiary alicyclic amines) is 1. The van der Waals surface area contributed by atoms with E-state index in [9.17, 15) is 9.59 Å². The van der Waals surface area contributed by atoms with E-state index in [1.54, 1.807) is 0 Å². The zero-order valence-corrected chi connectivity index (χ0v) is 19.3. The molecule has 0 saturated carbocycles. The number of nitrogens with one attached hydrogen (secondary N) is 1. The van der Waals surface area contributed by atoms with Crippen molar-refractivity contribution < 1.29 is 9.59 Å². The minimum Gasteiger partial charge on any atom is -0.356 e. The smallest absolute Gasteiger partial charge is 0.257 e. The number of fused-ring (bicyclic) bond motifs is 1. The lowest BCUT2D eigenvalue weighted by Gasteiger charge is -2.33. The number of benzene rings is 1. The molecule has 2 aliphatic heterocycles. The molecular formula is C26H36N4O2. The molecule has 1 aromatic heterocycles. The molecule has 6 nitrogen and oxygen atoms in total. The lowest BCUT2D eigenvalue weighted by Crippen LogP contribution is -2.46. The summed E-state index contributed by atoms with van der Waals surface area (Å²) in [5.41, 5.74) is 1.59. The Labute approximate surface area is 191 Å². The van der Waals surface area contributed by atoms with Crippen molar-refractivity contribution in [1.82, 2.24) is 15.2 Å². The highest BCUT2D eigenvalue weighted by atomic mass is 16.2. The van der Waals surface area contributed by atoms with Crippen molar-refractivity contribution in [3.63, 3.8) is 0 Å². The van der Waals surface area contributed by atoms with Gasteiger partial charge in [-0.3, -0.25) is 9.59 Å². The van der Waals surface area contributed by atoms with Gasteiger partial charge in [0.25, 0.3) is 5.91 Å². The summed E-state index contributed by atoms with van der Waals surface area (Å²) in [5.74, 6) is 0.775. The monoisotopic (exact) mass is 436 g/mol. The molecule has 2 saturated heterocycles. The van der Waals surface area contributed by atoms with E-state index < -0.39 is 0 Å². The first kappa shape index (κ1) is 22.6. The van der Waals surface area contributed by atoms with Crippen LogP contribution >= 0.6 is 0 Å². The number of piperidine rings is 1. The van der Waals surface area contributed by atoms with E-state index in [1.807, 2.05) is 35.2 Å². The summed E-state index contributed by atoms with van der Waals surface area (Å²) in [6, 6.07) is 9.98. The maximum Gasteiger partial charge on any atom is 0.257 e. The Hall–Kier alpha value is -2.63. The third kappa shape index (κ3) is 5.22. The predicted molar refractivity (Wildman–Crippen MR) is 129 cm³/mol. The van der Waals surface area contributed by atoms with Crippen LogP contribution < -0.4 is 10.2 Å². The molecule has 1 unspecified atom stereocenters. The molecule has 0 bridgehead atoms. The molecular weight excluding hydrogens is 400 g/mol. The fraction of sp³-hybridized carbons (Fsp3) is 0.577. The number of hydrogen-bond donors (Lipinski definition) is 1. The van der Waals surface area contributed by atoms with Crippen molar-refractivity contribution in [2.75, 3.05) is 37.6 Å². The summed E-state index contributed by atoms with van der Waals surface area (Å²) in [6.07, 6.45) is 8.55. The summed E-state index contributed by atoms with van der Waals surface area (Å²) >= 11 is 0. The first-order valence-electron chi connectivity index (χ1n) is 12.4. The maximum absolute atomic E-state index is 13.6. The second-order valence-corrected chi connectivity index (χ2v) is 9.19. The third-order valence-corrected chi connectivity index (χ3v) is 6.75. The highest BCUT2D eigenvalue weighted by molar-refractivity contribution is 6.02. The Morgan fingerprint density at radius 3 is 2.69 bits per heavy atom. The molecule has 2 amide bonds. The number of carbonyl (C=O) groups is 2. The summed E-state index contributed by atoms with van der Waals surface area (Å²) < 4.78 is 0. The molecule has 0 aliphatic carbocycles. The number of para-hydroxylation sites is 1. The van der Waals surface area contributed by atoms with Crippen molar-refractivity contribution in [1.29, 1.82) is 0 Å². The first-order chi connectivity index (χ1) is 15.7. The Morgan fingerprint density at radius 1 is 1.06 bits per heavy atom. The van der Waals surface area contributed by atoms with Crippen molar-refractivity contribution in [2.45, 2.75) is 58.3 Å². The molecule has 6 heteroatoms. The van der Waals surface area contributed by atoms with Crippen LogP contribution in [0.2, 0.25) is 0 Å². The molecule has 32 heavy (non-hydrogen) atoms. The van der Waals surface area contributed by atoms with Crippen LogP contribution in [0.4, 0.5) is 5.82 Å². The van der Waals surface area contributed by atoms with Crippen LogP contribution in [0, 0.1) is 5.92 Å². The van der Waals surface area contributed by atoms with Crippen LogP contribution in [-0.4, -0.2) is 54.4 Å². The third-order valence-electron chi connectivity index (χ3n) is 6.75. The van der Waals surface area contributed by atoms with E-state index >= 15 is 0 Å². The van der Waals surface area contributed by atoms with E-state index in [2.05, 4.69) is 17.1 Å². The van der Waals surface area contributed by atoms with Crippen LogP contribution in [0.1, 0.15) is 68.6 Å². The van der Waals surface area contributed by atoms with Gasteiger partial charge >= 0.3 is 0 Å². The van der Waals surface area contributed by atoms with Gasteiger partial charge in [-0.2, -0.15) is 0 Å². The highest BCUT2D eigenvalue weighted by Gasteiger charge is 2.31. The number of hydrogen-bond acceptors (Lipinski definition) is 4. The van der Waals surface area contributed by atoms with Crippen molar-refractivity contribution in [3.8, 4) is 0 Å². The zero-order valence-electron chi connectivity index (χ0n) is 19.3. The van der Waals surface area contributed by atoms with Gasteiger partial charge in [-0.25, -0.2) is 4.98 Å². The molecule has 2 aromatic rings. The summed E-state index contributed by atoms with van der Waals surface area (Å²) in [4.78, 5) is 35.4. The van der Waals surface area contributed by atoms with Crippen LogP contribution in [0.15, 0.2) is 30.3 Å². The summed E-state index contributed by atoms with van der Waals surface area (Å²) in [6.45, 7) is 5.99. The van der Waals surface area contributed by atoms with Gasteiger partial charge < -0.3 is 15.1 Å². The second kappa shape index (κ2) is 10.8. The number of amides is 2. The zero-order chi connectivity index (χ0) is 22.3. The van der Waals surface area contributed by atoms with Crippen molar-refractivity contribution in [3.05, 3.63) is 35.9 Å². The molecule has 4 rings (SSSR count). The fourth-order valence-electron chi connectivity index (χ4n) is 4.89. The number of rotatable bonds is 8. The number of anilines is 1. The molecule has 1 atom stereocenters. The molecule has 3 heterocycles. The Morgan fingerprint density at radius 2 is 1.88 bits per heavy atom. The summed E-state index contributed by atoms with van der Waals surface area (Å²) in [7, 11) is 0. The molecule has 0 spiro atoms. The number of pyridine rings is 1. The van der Waals surface area contributed by atoms with E-state index in [0.717, 1.165) is 74.9 Å². The van der Waals surface area contributed by atoms with E-state index in [4.69, 9.17) is 4.98 Å². The van der Waals surface area contributed by atoms with E-state index in [0.29, 0.717) is 18.7 Å². The van der Waals surface area contributed by atoms with Gasteiger partial charge in [0.05, 0.1) is 17.0 Å². The van der Waals surface area contributed by atoms with Gasteiger partial charge in [0.1, 0.15) is 5.82 Å². The topological polar surface area (TPSA) is 65.5 Å². The van der Waals surface area contributed by atoms with Gasteiger partial charge in [-0.15, -0.1) is 0 Å². The second-order valence-electron chi connectivity index (χ2n) is 9.19. The minimum absolute atomic E-state index is 0.00518. The SMILES string of the molecule is CCCCCCNC(=O)C1CCCN(C(=O)c2cc3ccccc3nc2N2CCCC2)C1. The number of aromatic nitrogens is 1. The first-order valence-corrected chi connectivity index (χ1v) is 12.4. The van der Waals surface area contributed by atoms with Gasteiger partial charge in [0, 0.05) is 38.1 Å². The maximum atomic E-state index is 13.6. The fourth-order valence-corrected chi connectivity index (χ4v) is 4.89. The number of carbonyl (C=O) groups excluding carboxylic acids is 2. The minimum atomic E-state index is -0.123. The molecule has 0 radical (unpaired) electrons. The molecule has 2 aliphatic rings. The molecule has 1 aromatic carbocycles. The van der Waals surface area contributed by atoms with Crippen LogP contribution in [-0.2, 0) is 4.79 Å². The van der Waals surface area contributed by atoms with Gasteiger partial charge in [-0.1, -0.05) is 44.4 Å². The average molecular weight is 437 g/mol. The average Bonchev–Trinajstić information content (AvgIpc) is 3.37. The Balaban J connectivity index is 1.48. The quantitative estimate of drug-likeness (QED) is 0.624. The van der Waals surface area contributed by atoms with E-state index in [-0.39, 0.29) is 17.7 Å². The standard InChI is InChI=1S/C26H36N4O2/c1-2-3-4-7-14-27-25(31)21-12-10-17-30(19-21)26(32)22-18-20-11-5-6-13-23(20)28-24(22)29-15-8-9-16-29/h5-6,11,13,18,21H,2-4,7-10,12,14-17,19H2,1H3,(H,27,31). The normalized spacial score (nSPS) is 18.8. The lowest BCUT2D eigenvalue weighted by molar-refractivity contribution is -0.126. The Kier molecular flexibility index (Phi) is 7.61. The van der Waals surface area contributed by atoms with Gasteiger partial charge in [-0.05, 0) is 44.2 Å². The molecule has 2 fully saturated rings. The predicted octanol–water partition coefficient (Wildman–Crippen LogP) is 4.38. The van der Waals surface area contributed by atoms with E-state index in [1.165, 1.54) is 12.8 Å². The van der Waals surface area contributed by atoms with Crippen LogP contribution in [0.3, 0.4) is 0 Å². The number of nitrogens with zero attached hydrogens (tertiary/aromatic N) is 3. The van der Waals surface area contributed by atoms with Crippen molar-refractivity contribution in [2.24, 2.45) is 5.92 Å². The highest BCUT2D eigenvalue weighted by Crippen LogP contribution is 2.29. The summed E-state index contributed by atoms with van der Waals surface area (Å²) in [5, 5.41) is 4.08.